The minimum Gasteiger partial charge on any atom is -0.274 e. The summed E-state index contributed by atoms with van der Waals surface area (Å²) >= 11 is 5.82. The molecule has 7 heteroatoms. The Morgan fingerprint density at radius 3 is 2.23 bits per heavy atom. The fraction of sp³-hybridized carbons (Fsp3) is 0.133. The summed E-state index contributed by atoms with van der Waals surface area (Å²) in [5, 5.41) is 0.472. The van der Waals surface area contributed by atoms with Gasteiger partial charge in [0.2, 0.25) is 5.91 Å². The predicted molar refractivity (Wildman–Crippen MR) is 86.1 cm³/mol. The van der Waals surface area contributed by atoms with Gasteiger partial charge in [-0.25, -0.2) is 0 Å². The van der Waals surface area contributed by atoms with Crippen molar-refractivity contribution in [3.8, 4) is 0 Å². The zero-order chi connectivity index (χ0) is 16.3. The predicted octanol–water partition coefficient (Wildman–Crippen LogP) is 2.89. The van der Waals surface area contributed by atoms with E-state index < -0.39 is 15.9 Å². The molecule has 0 bridgehead atoms. The molecule has 0 spiro atoms. The molecule has 1 amide bonds. The van der Waals surface area contributed by atoms with Gasteiger partial charge in [-0.3, -0.25) is 10.2 Å². The average Bonchev–Trinajstić information content (AvgIpc) is 2.46. The summed E-state index contributed by atoms with van der Waals surface area (Å²) in [6.07, 6.45) is 0. The third-order valence-corrected chi connectivity index (χ3v) is 4.98. The molecule has 1 N–H and O–H groups in total. The van der Waals surface area contributed by atoms with E-state index in [2.05, 4.69) is 5.43 Å². The minimum atomic E-state index is -3.93. The number of nitrogens with zero attached hydrogens (tertiary/aromatic N) is 1. The zero-order valence-corrected chi connectivity index (χ0v) is 13.6. The van der Waals surface area contributed by atoms with E-state index in [0.717, 1.165) is 4.41 Å². The molecule has 2 rings (SSSR count). The van der Waals surface area contributed by atoms with Crippen molar-refractivity contribution < 1.29 is 13.2 Å². The van der Waals surface area contributed by atoms with Gasteiger partial charge in [-0.1, -0.05) is 29.8 Å². The number of nitrogens with one attached hydrogen (secondary N) is 1. The number of anilines is 1. The second kappa shape index (κ2) is 6.37. The molecule has 0 aliphatic heterocycles. The molecule has 0 heterocycles. The van der Waals surface area contributed by atoms with Crippen LogP contribution in [0.4, 0.5) is 5.69 Å². The third kappa shape index (κ3) is 3.40. The molecule has 0 unspecified atom stereocenters. The molecule has 0 saturated carbocycles. The lowest BCUT2D eigenvalue weighted by molar-refractivity contribution is -0.118. The lowest BCUT2D eigenvalue weighted by atomic mass is 10.2. The van der Waals surface area contributed by atoms with Crippen molar-refractivity contribution in [2.45, 2.75) is 18.7 Å². The van der Waals surface area contributed by atoms with Gasteiger partial charge < -0.3 is 0 Å². The van der Waals surface area contributed by atoms with E-state index in [1.54, 1.807) is 37.3 Å². The smallest absolute Gasteiger partial charge is 0.274 e. The third-order valence-electron chi connectivity index (χ3n) is 2.93. The molecule has 2 aromatic carbocycles. The Bertz CT molecular complexity index is 789. The second-order valence-corrected chi connectivity index (χ2v) is 6.87. The van der Waals surface area contributed by atoms with Gasteiger partial charge in [-0.2, -0.15) is 12.8 Å². The van der Waals surface area contributed by atoms with E-state index in [0.29, 0.717) is 16.3 Å². The molecule has 0 fully saturated rings. The van der Waals surface area contributed by atoms with Crippen molar-refractivity contribution in [2.24, 2.45) is 0 Å². The van der Waals surface area contributed by atoms with Crippen molar-refractivity contribution in [3.05, 3.63) is 59.1 Å². The lowest BCUT2D eigenvalue weighted by Gasteiger charge is -2.25. The highest BCUT2D eigenvalue weighted by Gasteiger charge is 2.27. The second-order valence-electron chi connectivity index (χ2n) is 4.68. The zero-order valence-electron chi connectivity index (χ0n) is 12.1. The molecule has 0 aromatic heterocycles. The number of benzene rings is 2. The Kier molecular flexibility index (Phi) is 4.73. The van der Waals surface area contributed by atoms with Crippen molar-refractivity contribution in [1.82, 2.24) is 5.43 Å². The van der Waals surface area contributed by atoms with Crippen LogP contribution in [0.3, 0.4) is 0 Å². The number of hydrazine groups is 1. The number of carbonyl (C=O) groups excluding carboxylic acids is 1. The molecule has 2 aromatic rings. The fourth-order valence-corrected chi connectivity index (χ4v) is 3.62. The molecule has 0 atom stereocenters. The highest BCUT2D eigenvalue weighted by molar-refractivity contribution is 7.92. The van der Waals surface area contributed by atoms with Crippen LogP contribution in [-0.4, -0.2) is 14.3 Å². The van der Waals surface area contributed by atoms with Crippen LogP contribution in [0.2, 0.25) is 5.02 Å². The largest absolute Gasteiger partial charge is 0.282 e. The maximum absolute atomic E-state index is 12.9. The van der Waals surface area contributed by atoms with Gasteiger partial charge in [0.05, 0.1) is 10.6 Å². The minimum absolute atomic E-state index is 0.124. The van der Waals surface area contributed by atoms with E-state index in [9.17, 15) is 13.2 Å². The van der Waals surface area contributed by atoms with Crippen LogP contribution in [0, 0.1) is 6.92 Å². The standard InChI is InChI=1S/C15H15ClN2O3S/c1-11-5-3-4-6-15(11)22(20,21)18(17-12(2)19)14-9-7-13(16)8-10-14/h3-10H,1-2H3,(H,17,19). The maximum atomic E-state index is 12.9. The SMILES string of the molecule is CC(=O)NN(c1ccc(Cl)cc1)S(=O)(=O)c1ccccc1C. The number of halogens is 1. The first-order chi connectivity index (χ1) is 10.3. The molecule has 22 heavy (non-hydrogen) atoms. The highest BCUT2D eigenvalue weighted by Crippen LogP contribution is 2.25. The van der Waals surface area contributed by atoms with Gasteiger partial charge in [0.25, 0.3) is 10.0 Å². The summed E-state index contributed by atoms with van der Waals surface area (Å²) in [6, 6.07) is 12.7. The molecule has 0 radical (unpaired) electrons. The van der Waals surface area contributed by atoms with Crippen molar-refractivity contribution in [2.75, 3.05) is 4.41 Å². The van der Waals surface area contributed by atoms with Crippen LogP contribution in [0.25, 0.3) is 0 Å². The number of amides is 1. The first-order valence-corrected chi connectivity index (χ1v) is 8.28. The van der Waals surface area contributed by atoms with E-state index in [4.69, 9.17) is 11.6 Å². The van der Waals surface area contributed by atoms with Gasteiger partial charge >= 0.3 is 0 Å². The van der Waals surface area contributed by atoms with E-state index in [-0.39, 0.29) is 4.90 Å². The van der Waals surface area contributed by atoms with Crippen molar-refractivity contribution in [3.63, 3.8) is 0 Å². The number of carbonyl (C=O) groups is 1. The number of aryl methyl sites for hydroxylation is 1. The highest BCUT2D eigenvalue weighted by atomic mass is 35.5. The van der Waals surface area contributed by atoms with Crippen molar-refractivity contribution in [1.29, 1.82) is 0 Å². The topological polar surface area (TPSA) is 66.5 Å². The molecule has 116 valence electrons. The average molecular weight is 339 g/mol. The Morgan fingerprint density at radius 1 is 1.09 bits per heavy atom. The summed E-state index contributed by atoms with van der Waals surface area (Å²) in [7, 11) is -3.93. The molecule has 0 aliphatic rings. The number of hydrogen-bond acceptors (Lipinski definition) is 3. The summed E-state index contributed by atoms with van der Waals surface area (Å²) < 4.78 is 26.6. The van der Waals surface area contributed by atoms with Crippen LogP contribution in [0.5, 0.6) is 0 Å². The van der Waals surface area contributed by atoms with Gasteiger partial charge in [0.1, 0.15) is 0 Å². The van der Waals surface area contributed by atoms with E-state index in [1.165, 1.54) is 25.1 Å². The first-order valence-electron chi connectivity index (χ1n) is 6.46. The van der Waals surface area contributed by atoms with Gasteiger partial charge in [0.15, 0.2) is 0 Å². The molecular weight excluding hydrogens is 324 g/mol. The van der Waals surface area contributed by atoms with E-state index >= 15 is 0 Å². The van der Waals surface area contributed by atoms with Crippen LogP contribution >= 0.6 is 11.6 Å². The molecule has 5 nitrogen and oxygen atoms in total. The lowest BCUT2D eigenvalue weighted by Crippen LogP contribution is -2.45. The fourth-order valence-electron chi connectivity index (χ4n) is 1.93. The summed E-state index contributed by atoms with van der Waals surface area (Å²) in [5.74, 6) is -0.493. The summed E-state index contributed by atoms with van der Waals surface area (Å²) in [6.45, 7) is 2.94. The van der Waals surface area contributed by atoms with Crippen molar-refractivity contribution >= 4 is 33.2 Å². The van der Waals surface area contributed by atoms with Crippen LogP contribution in [-0.2, 0) is 14.8 Å². The first kappa shape index (κ1) is 16.3. The Labute approximate surface area is 134 Å². The number of sulfonamides is 1. The Hall–Kier alpha value is -2.05. The number of rotatable bonds is 4. The Morgan fingerprint density at radius 2 is 1.68 bits per heavy atom. The maximum Gasteiger partial charge on any atom is 0.282 e. The van der Waals surface area contributed by atoms with Crippen LogP contribution < -0.4 is 9.84 Å². The van der Waals surface area contributed by atoms with Crippen LogP contribution in [0.1, 0.15) is 12.5 Å². The van der Waals surface area contributed by atoms with Gasteiger partial charge in [-0.15, -0.1) is 0 Å². The Balaban J connectivity index is 2.56. The van der Waals surface area contributed by atoms with Crippen LogP contribution in [0.15, 0.2) is 53.4 Å². The number of hydrogen-bond donors (Lipinski definition) is 1. The molecular formula is C15H15ClN2O3S. The molecule has 0 aliphatic carbocycles. The molecule has 0 saturated heterocycles. The summed E-state index contributed by atoms with van der Waals surface area (Å²) in [5.41, 5.74) is 3.23. The van der Waals surface area contributed by atoms with Gasteiger partial charge in [0, 0.05) is 11.9 Å². The quantitative estimate of drug-likeness (QED) is 0.872. The summed E-state index contributed by atoms with van der Waals surface area (Å²) in [4.78, 5) is 11.5. The normalized spacial score (nSPS) is 11.0. The van der Waals surface area contributed by atoms with Gasteiger partial charge in [-0.05, 0) is 42.8 Å². The monoisotopic (exact) mass is 338 g/mol. The van der Waals surface area contributed by atoms with E-state index in [1.807, 2.05) is 0 Å².